The molecule has 0 bridgehead atoms. The second kappa shape index (κ2) is 8.94. The fourth-order valence-electron chi connectivity index (χ4n) is 7.91. The Morgan fingerprint density at radius 1 is 1.18 bits per heavy atom. The van der Waals surface area contributed by atoms with Gasteiger partial charge >= 0.3 is 5.97 Å². The van der Waals surface area contributed by atoms with Gasteiger partial charge in [-0.15, -0.1) is 0 Å². The van der Waals surface area contributed by atoms with Crippen LogP contribution in [0, 0.1) is 28.6 Å². The molecular formula is C28H32O9S. The van der Waals surface area contributed by atoms with E-state index in [-0.39, 0.29) is 41.9 Å². The first-order valence-corrected chi connectivity index (χ1v) is 14.3. The molecule has 7 atom stereocenters. The number of aliphatic hydroxyl groups is 2. The van der Waals surface area contributed by atoms with Crippen molar-refractivity contribution in [2.45, 2.75) is 62.6 Å². The molecule has 3 fully saturated rings. The van der Waals surface area contributed by atoms with Crippen LogP contribution >= 0.6 is 0 Å². The topological polar surface area (TPSA) is 155 Å². The van der Waals surface area contributed by atoms with Crippen molar-refractivity contribution in [3.8, 4) is 0 Å². The number of esters is 1. The summed E-state index contributed by atoms with van der Waals surface area (Å²) in [7, 11) is -4.53. The number of hydrogen-bond acceptors (Lipinski definition) is 8. The third-order valence-corrected chi connectivity index (χ3v) is 10.7. The highest BCUT2D eigenvalue weighted by atomic mass is 32.2. The van der Waals surface area contributed by atoms with E-state index >= 15 is 0 Å². The van der Waals surface area contributed by atoms with Crippen LogP contribution < -0.4 is 0 Å². The Kier molecular flexibility index (Phi) is 6.34. The first-order chi connectivity index (χ1) is 17.7. The zero-order valence-corrected chi connectivity index (χ0v) is 22.1. The molecule has 0 amide bonds. The summed E-state index contributed by atoms with van der Waals surface area (Å²) in [4.78, 5) is 37.4. The van der Waals surface area contributed by atoms with Crippen LogP contribution in [0.4, 0.5) is 0 Å². The second-order valence-corrected chi connectivity index (χ2v) is 13.0. The van der Waals surface area contributed by atoms with E-state index in [9.17, 15) is 37.6 Å². The lowest BCUT2D eigenvalue weighted by Gasteiger charge is -2.59. The number of carbonyl (C=O) groups excluding carboxylic acids is 3. The van der Waals surface area contributed by atoms with Crippen LogP contribution in [0.25, 0.3) is 0 Å². The largest absolute Gasteiger partial charge is 0.454 e. The number of ketones is 2. The average molecular weight is 545 g/mol. The average Bonchev–Trinajstić information content (AvgIpc) is 3.13. The van der Waals surface area contributed by atoms with Crippen LogP contribution in [0.2, 0.25) is 0 Å². The summed E-state index contributed by atoms with van der Waals surface area (Å²) in [5.74, 6) is -1.83. The summed E-state index contributed by atoms with van der Waals surface area (Å²) in [5.41, 5.74) is -2.36. The third kappa shape index (κ3) is 4.00. The van der Waals surface area contributed by atoms with Crippen molar-refractivity contribution in [1.29, 1.82) is 0 Å². The maximum absolute atomic E-state index is 13.4. The van der Waals surface area contributed by atoms with E-state index in [1.165, 1.54) is 12.1 Å². The zero-order chi connectivity index (χ0) is 27.7. The summed E-state index contributed by atoms with van der Waals surface area (Å²) in [6.07, 6.45) is 6.71. The number of hydrogen-bond donors (Lipinski definition) is 3. The van der Waals surface area contributed by atoms with Gasteiger partial charge in [0.15, 0.2) is 12.4 Å². The van der Waals surface area contributed by atoms with Crippen LogP contribution in [0.15, 0.2) is 53.0 Å². The van der Waals surface area contributed by atoms with Crippen LogP contribution in [0.5, 0.6) is 0 Å². The minimum absolute atomic E-state index is 0.0382. The number of aliphatic hydroxyl groups excluding tert-OH is 1. The third-order valence-electron chi connectivity index (χ3n) is 9.81. The summed E-state index contributed by atoms with van der Waals surface area (Å²) >= 11 is 0. The Balaban J connectivity index is 1.34. The van der Waals surface area contributed by atoms with Gasteiger partial charge in [-0.2, -0.15) is 8.42 Å². The number of ether oxygens (including phenoxy) is 1. The number of carbonyl (C=O) groups is 3. The standard InChI is InChI=1S/C28H32O9S/c1-26-10-8-18(29)13-17(26)6-7-20-21-9-11-28(33,27(21,2)14-22(30)24(20)26)23(31)15-37-25(32)16-4-3-5-19(12-16)38(34,35)36/h3-5,8,10,12-13,20-22,24,30,33H,6-7,9,11,14-15H2,1-2H3,(H,34,35,36)/t20?,21?,22-,24?,26-,27-,28-/m0/s1. The van der Waals surface area contributed by atoms with Crippen molar-refractivity contribution in [1.82, 2.24) is 0 Å². The summed E-state index contributed by atoms with van der Waals surface area (Å²) in [5, 5.41) is 23.2. The summed E-state index contributed by atoms with van der Waals surface area (Å²) in [6.45, 7) is 3.16. The highest BCUT2D eigenvalue weighted by molar-refractivity contribution is 7.85. The van der Waals surface area contributed by atoms with Gasteiger partial charge in [0.05, 0.1) is 16.6 Å². The van der Waals surface area contributed by atoms with Crippen molar-refractivity contribution in [2.75, 3.05) is 6.61 Å². The molecule has 3 unspecified atom stereocenters. The molecule has 4 aliphatic carbocycles. The van der Waals surface area contributed by atoms with E-state index in [1.54, 1.807) is 12.2 Å². The Morgan fingerprint density at radius 2 is 1.92 bits per heavy atom. The molecule has 3 saturated carbocycles. The number of rotatable bonds is 5. The van der Waals surface area contributed by atoms with Gasteiger partial charge in [0.1, 0.15) is 5.60 Å². The first-order valence-electron chi connectivity index (χ1n) is 12.8. The molecule has 3 N–H and O–H groups in total. The molecule has 10 heteroatoms. The van der Waals surface area contributed by atoms with Crippen molar-refractivity contribution >= 4 is 27.7 Å². The quantitative estimate of drug-likeness (QED) is 0.375. The van der Waals surface area contributed by atoms with E-state index in [4.69, 9.17) is 4.74 Å². The molecule has 0 heterocycles. The molecule has 0 saturated heterocycles. The van der Waals surface area contributed by atoms with E-state index in [2.05, 4.69) is 0 Å². The predicted octanol–water partition coefficient (Wildman–Crippen LogP) is 2.67. The fourth-order valence-corrected chi connectivity index (χ4v) is 8.43. The smallest absolute Gasteiger partial charge is 0.338 e. The van der Waals surface area contributed by atoms with E-state index in [0.29, 0.717) is 12.8 Å². The van der Waals surface area contributed by atoms with Crippen molar-refractivity contribution < 1.29 is 42.3 Å². The molecule has 38 heavy (non-hydrogen) atoms. The van der Waals surface area contributed by atoms with Gasteiger partial charge in [-0.1, -0.05) is 31.6 Å². The Labute approximate surface area is 221 Å². The number of Topliss-reactive ketones (excluding diaryl/α,β-unsaturated/α-hetero) is 1. The van der Waals surface area contributed by atoms with Crippen LogP contribution in [0.1, 0.15) is 56.3 Å². The Hall–Kier alpha value is -2.66. The number of benzene rings is 1. The number of allylic oxidation sites excluding steroid dienone is 4. The Bertz CT molecular complexity index is 1380. The lowest BCUT2D eigenvalue weighted by Crippen LogP contribution is -2.61. The molecule has 0 spiro atoms. The van der Waals surface area contributed by atoms with E-state index < -0.39 is 55.9 Å². The van der Waals surface area contributed by atoms with Gasteiger partial charge in [0.25, 0.3) is 10.1 Å². The molecule has 0 aliphatic heterocycles. The van der Waals surface area contributed by atoms with Gasteiger partial charge in [0, 0.05) is 16.7 Å². The lowest BCUT2D eigenvalue weighted by molar-refractivity contribution is -0.178. The molecule has 1 aromatic carbocycles. The van der Waals surface area contributed by atoms with Crippen LogP contribution in [0.3, 0.4) is 0 Å². The van der Waals surface area contributed by atoms with Crippen LogP contribution in [-0.4, -0.2) is 59.0 Å². The molecular weight excluding hydrogens is 512 g/mol. The molecule has 4 aliphatic rings. The zero-order valence-electron chi connectivity index (χ0n) is 21.3. The monoisotopic (exact) mass is 544 g/mol. The Morgan fingerprint density at radius 3 is 2.63 bits per heavy atom. The van der Waals surface area contributed by atoms with Crippen molar-refractivity contribution in [3.63, 3.8) is 0 Å². The summed E-state index contributed by atoms with van der Waals surface area (Å²) < 4.78 is 37.1. The molecule has 5 rings (SSSR count). The fraction of sp³-hybridized carbons (Fsp3) is 0.536. The normalized spacial score (nSPS) is 38.0. The van der Waals surface area contributed by atoms with Crippen molar-refractivity contribution in [3.05, 3.63) is 53.6 Å². The maximum atomic E-state index is 13.4. The molecule has 9 nitrogen and oxygen atoms in total. The van der Waals surface area contributed by atoms with Gasteiger partial charge in [0.2, 0.25) is 5.78 Å². The molecule has 0 radical (unpaired) electrons. The van der Waals surface area contributed by atoms with Crippen LogP contribution in [-0.2, 0) is 24.4 Å². The predicted molar refractivity (Wildman–Crippen MR) is 135 cm³/mol. The van der Waals surface area contributed by atoms with Gasteiger partial charge < -0.3 is 14.9 Å². The molecule has 0 aromatic heterocycles. The second-order valence-electron chi connectivity index (χ2n) is 11.6. The van der Waals surface area contributed by atoms with E-state index in [1.807, 2.05) is 19.9 Å². The maximum Gasteiger partial charge on any atom is 0.338 e. The minimum atomic E-state index is -4.53. The summed E-state index contributed by atoms with van der Waals surface area (Å²) in [6, 6.07) is 4.62. The SMILES string of the molecule is C[C@]12C=CC(=O)C=C1CCC1C2[C@@H](O)C[C@@]2(C)C1CC[C@]2(O)C(=O)COC(=O)c1cccc(S(=O)(=O)O)c1. The lowest BCUT2D eigenvalue weighted by atomic mass is 9.46. The van der Waals surface area contributed by atoms with Gasteiger partial charge in [-0.3, -0.25) is 14.1 Å². The first kappa shape index (κ1) is 26.9. The van der Waals surface area contributed by atoms with Gasteiger partial charge in [-0.25, -0.2) is 4.79 Å². The number of fused-ring (bicyclic) bond motifs is 5. The highest BCUT2D eigenvalue weighted by Crippen LogP contribution is 2.67. The minimum Gasteiger partial charge on any atom is -0.454 e. The van der Waals surface area contributed by atoms with Crippen molar-refractivity contribution in [2.24, 2.45) is 28.6 Å². The molecule has 1 aromatic rings. The van der Waals surface area contributed by atoms with Gasteiger partial charge in [-0.05, 0) is 74.3 Å². The molecule has 204 valence electrons. The highest BCUT2D eigenvalue weighted by Gasteiger charge is 2.68. The van der Waals surface area contributed by atoms with E-state index in [0.717, 1.165) is 24.1 Å².